The molecule has 0 radical (unpaired) electrons. The number of nitrogens with zero attached hydrogens (tertiary/aromatic N) is 1. The summed E-state index contributed by atoms with van der Waals surface area (Å²) >= 11 is 1.24. The average molecular weight is 222 g/mol. The molecule has 0 aromatic carbocycles. The number of rotatable bonds is 3. The molecule has 8 heteroatoms. The molecule has 1 heterocycles. The Bertz CT molecular complexity index is 332. The number of amides is 1. The maximum Gasteiger partial charge on any atom is 0.344 e. The fraction of sp³-hybridized carbons (Fsp3) is 0.200. The van der Waals surface area contributed by atoms with E-state index >= 15 is 0 Å². The molecule has 72 valence electrons. The molecule has 0 aliphatic rings. The highest BCUT2D eigenvalue weighted by molar-refractivity contribution is 7.51. The Morgan fingerprint density at radius 3 is 2.85 bits per heavy atom. The van der Waals surface area contributed by atoms with Crippen molar-refractivity contribution in [2.24, 2.45) is 0 Å². The van der Waals surface area contributed by atoms with Gasteiger partial charge in [-0.3, -0.25) is 9.36 Å². The molecule has 6 nitrogen and oxygen atoms in total. The van der Waals surface area contributed by atoms with Crippen molar-refractivity contribution in [2.45, 2.75) is 0 Å². The molecular weight excluding hydrogens is 215 g/mol. The normalized spacial score (nSPS) is 11.2. The number of thiazole rings is 1. The molecule has 0 aliphatic heterocycles. The predicted octanol–water partition coefficient (Wildman–Crippen LogP) is 0.00810. The molecule has 0 aliphatic carbocycles. The molecule has 0 bridgehead atoms. The third-order valence-electron chi connectivity index (χ3n) is 1.11. The van der Waals surface area contributed by atoms with Crippen molar-refractivity contribution < 1.29 is 19.1 Å². The molecule has 1 aromatic heterocycles. The third kappa shape index (κ3) is 3.65. The van der Waals surface area contributed by atoms with Crippen LogP contribution >= 0.6 is 18.9 Å². The van der Waals surface area contributed by atoms with E-state index in [1.807, 2.05) is 0 Å². The van der Waals surface area contributed by atoms with Crippen LogP contribution in [0.4, 0.5) is 0 Å². The summed E-state index contributed by atoms with van der Waals surface area (Å²) in [6.07, 6.45) is -0.663. The summed E-state index contributed by atoms with van der Waals surface area (Å²) in [5.41, 5.74) is 1.63. The van der Waals surface area contributed by atoms with Gasteiger partial charge in [-0.25, -0.2) is 4.98 Å². The topological polar surface area (TPSA) is 99.5 Å². The Kier molecular flexibility index (Phi) is 3.16. The van der Waals surface area contributed by atoms with Crippen molar-refractivity contribution >= 4 is 24.8 Å². The monoisotopic (exact) mass is 222 g/mol. The number of carbonyl (C=O) groups excluding carboxylic acids is 1. The largest absolute Gasteiger partial charge is 0.344 e. The van der Waals surface area contributed by atoms with Crippen molar-refractivity contribution in [3.05, 3.63) is 16.6 Å². The predicted molar refractivity (Wildman–Crippen MR) is 46.5 cm³/mol. The van der Waals surface area contributed by atoms with Gasteiger partial charge >= 0.3 is 7.60 Å². The van der Waals surface area contributed by atoms with E-state index in [1.54, 1.807) is 0 Å². The van der Waals surface area contributed by atoms with Crippen molar-refractivity contribution in [2.75, 3.05) is 6.29 Å². The second-order valence-corrected chi connectivity index (χ2v) is 4.57. The molecule has 0 saturated heterocycles. The van der Waals surface area contributed by atoms with E-state index in [-0.39, 0.29) is 5.69 Å². The Balaban J connectivity index is 2.49. The van der Waals surface area contributed by atoms with Gasteiger partial charge in [0.1, 0.15) is 12.0 Å². The molecule has 3 N–H and O–H groups in total. The summed E-state index contributed by atoms with van der Waals surface area (Å²) in [6, 6.07) is 0. The fourth-order valence-corrected chi connectivity index (χ4v) is 1.47. The van der Waals surface area contributed by atoms with Gasteiger partial charge in [0.2, 0.25) is 0 Å². The van der Waals surface area contributed by atoms with Crippen molar-refractivity contribution in [1.29, 1.82) is 0 Å². The van der Waals surface area contributed by atoms with Gasteiger partial charge in [-0.1, -0.05) is 0 Å². The van der Waals surface area contributed by atoms with Crippen LogP contribution in [-0.4, -0.2) is 27.0 Å². The summed E-state index contributed by atoms with van der Waals surface area (Å²) in [7, 11) is -4.18. The number of hydrogen-bond acceptors (Lipinski definition) is 4. The Morgan fingerprint density at radius 2 is 2.38 bits per heavy atom. The first-order chi connectivity index (χ1) is 5.99. The lowest BCUT2D eigenvalue weighted by Crippen LogP contribution is -2.24. The minimum atomic E-state index is -4.18. The average Bonchev–Trinajstić information content (AvgIpc) is 2.50. The van der Waals surface area contributed by atoms with Crippen LogP contribution < -0.4 is 5.32 Å². The van der Waals surface area contributed by atoms with Crippen LogP contribution in [0, 0.1) is 0 Å². The van der Waals surface area contributed by atoms with Crippen LogP contribution in [0.3, 0.4) is 0 Å². The molecule has 1 rings (SSSR count). The lowest BCUT2D eigenvalue weighted by molar-refractivity contribution is 0.0953. The zero-order valence-electron chi connectivity index (χ0n) is 6.38. The Morgan fingerprint density at radius 1 is 1.69 bits per heavy atom. The quantitative estimate of drug-likeness (QED) is 0.625. The lowest BCUT2D eigenvalue weighted by Gasteiger charge is -2.03. The number of carbonyl (C=O) groups is 1. The van der Waals surface area contributed by atoms with E-state index in [9.17, 15) is 9.36 Å². The highest BCUT2D eigenvalue weighted by Gasteiger charge is 2.15. The first-order valence-electron chi connectivity index (χ1n) is 3.20. The number of nitrogens with one attached hydrogen (secondary N) is 1. The highest BCUT2D eigenvalue weighted by atomic mass is 32.1. The molecule has 1 amide bonds. The molecule has 0 fully saturated rings. The number of aromatic nitrogens is 1. The minimum absolute atomic E-state index is 0.165. The zero-order chi connectivity index (χ0) is 9.90. The van der Waals surface area contributed by atoms with Gasteiger partial charge in [-0.15, -0.1) is 11.3 Å². The molecule has 0 spiro atoms. The van der Waals surface area contributed by atoms with Gasteiger partial charge in [-0.2, -0.15) is 0 Å². The SMILES string of the molecule is O=C(NCP(=O)(O)O)c1cscn1. The highest BCUT2D eigenvalue weighted by Crippen LogP contribution is 2.31. The molecule has 0 unspecified atom stereocenters. The van der Waals surface area contributed by atoms with Gasteiger partial charge in [0.25, 0.3) is 5.91 Å². The van der Waals surface area contributed by atoms with E-state index < -0.39 is 19.8 Å². The molecule has 1 aromatic rings. The summed E-state index contributed by atoms with van der Waals surface area (Å²) in [5, 5.41) is 3.56. The summed E-state index contributed by atoms with van der Waals surface area (Å²) < 4.78 is 10.4. The van der Waals surface area contributed by atoms with Gasteiger partial charge in [0.05, 0.1) is 5.51 Å². The van der Waals surface area contributed by atoms with Gasteiger partial charge in [0, 0.05) is 5.38 Å². The Labute approximate surface area is 77.8 Å². The maximum atomic E-state index is 11.0. The number of hydrogen-bond donors (Lipinski definition) is 3. The van der Waals surface area contributed by atoms with Crippen molar-refractivity contribution in [3.8, 4) is 0 Å². The molecular formula is C5H7N2O4PS. The van der Waals surface area contributed by atoms with Crippen molar-refractivity contribution in [1.82, 2.24) is 10.3 Å². The minimum Gasteiger partial charge on any atom is -0.339 e. The zero-order valence-corrected chi connectivity index (χ0v) is 8.09. The molecule has 0 saturated carbocycles. The van der Waals surface area contributed by atoms with Gasteiger partial charge in [0.15, 0.2) is 0 Å². The van der Waals surface area contributed by atoms with Gasteiger partial charge < -0.3 is 15.1 Å². The smallest absolute Gasteiger partial charge is 0.339 e. The summed E-state index contributed by atoms with van der Waals surface area (Å²) in [6.45, 7) is 0. The lowest BCUT2D eigenvalue weighted by atomic mass is 10.5. The van der Waals surface area contributed by atoms with Crippen molar-refractivity contribution in [3.63, 3.8) is 0 Å². The van der Waals surface area contributed by atoms with Crippen LogP contribution in [-0.2, 0) is 4.57 Å². The van der Waals surface area contributed by atoms with Crippen LogP contribution in [0.5, 0.6) is 0 Å². The van der Waals surface area contributed by atoms with E-state index in [4.69, 9.17) is 9.79 Å². The first-order valence-corrected chi connectivity index (χ1v) is 5.94. The Hall–Kier alpha value is -0.750. The fourth-order valence-electron chi connectivity index (χ4n) is 0.590. The van der Waals surface area contributed by atoms with Crippen LogP contribution in [0.25, 0.3) is 0 Å². The molecule has 0 atom stereocenters. The standard InChI is InChI=1S/C5H7N2O4PS/c8-5(4-1-13-3-7-4)6-2-12(9,10)11/h1,3H,2H2,(H,6,8)(H2,9,10,11). The van der Waals surface area contributed by atoms with E-state index in [1.165, 1.54) is 22.2 Å². The molecule has 13 heavy (non-hydrogen) atoms. The van der Waals surface area contributed by atoms with E-state index in [2.05, 4.69) is 10.3 Å². The van der Waals surface area contributed by atoms with Crippen LogP contribution in [0.2, 0.25) is 0 Å². The van der Waals surface area contributed by atoms with E-state index in [0.29, 0.717) is 0 Å². The second kappa shape index (κ2) is 3.97. The third-order valence-corrected chi connectivity index (χ3v) is 2.27. The summed E-state index contributed by atoms with van der Waals surface area (Å²) in [5.74, 6) is -0.579. The van der Waals surface area contributed by atoms with Gasteiger partial charge in [-0.05, 0) is 0 Å². The van der Waals surface area contributed by atoms with Crippen LogP contribution in [0.15, 0.2) is 10.9 Å². The maximum absolute atomic E-state index is 11.0. The van der Waals surface area contributed by atoms with Crippen LogP contribution in [0.1, 0.15) is 10.5 Å². The summed E-state index contributed by atoms with van der Waals surface area (Å²) in [4.78, 5) is 31.6. The van der Waals surface area contributed by atoms with E-state index in [0.717, 1.165) is 0 Å². The second-order valence-electron chi connectivity index (χ2n) is 2.20. The first kappa shape index (κ1) is 10.3.